The molecule has 4 rings (SSSR count). The molecule has 1 aliphatic carbocycles. The van der Waals surface area contributed by atoms with Gasteiger partial charge in [-0.2, -0.15) is 0 Å². The molecule has 1 saturated carbocycles. The molecule has 0 atom stereocenters. The molecule has 1 aromatic carbocycles. The molecule has 1 amide bonds. The second-order valence-electron chi connectivity index (χ2n) is 7.73. The third-order valence-electron chi connectivity index (χ3n) is 5.46. The molecule has 6 nitrogen and oxygen atoms in total. The van der Waals surface area contributed by atoms with Crippen molar-refractivity contribution < 1.29 is 4.79 Å². The van der Waals surface area contributed by atoms with Gasteiger partial charge in [-0.3, -0.25) is 9.78 Å². The number of carbonyl (C=O) groups excluding carboxylic acids is 1. The van der Waals surface area contributed by atoms with Crippen LogP contribution in [0, 0.1) is 5.92 Å². The first kappa shape index (κ1) is 22.5. The Labute approximate surface area is 185 Å². The number of hydrogen-bond donors (Lipinski definition) is 2. The highest BCUT2D eigenvalue weighted by Gasteiger charge is 2.26. The van der Waals surface area contributed by atoms with E-state index in [0.717, 1.165) is 47.1 Å². The van der Waals surface area contributed by atoms with E-state index in [-0.39, 0.29) is 5.91 Å². The largest absolute Gasteiger partial charge is 0.388 e. The average molecular weight is 420 g/mol. The minimum absolute atomic E-state index is 0.0636. The average Bonchev–Trinajstić information content (AvgIpc) is 3.64. The zero-order valence-corrected chi connectivity index (χ0v) is 18.8. The SMILES string of the molecule is CC.CC(=O)N1CCC(NCC2CC2)=C(C(N)=Nc2cccc(-c3ccccn3)c2)C1. The Morgan fingerprint density at radius 1 is 1.23 bits per heavy atom. The van der Waals surface area contributed by atoms with E-state index in [2.05, 4.69) is 15.3 Å². The van der Waals surface area contributed by atoms with Gasteiger partial charge in [0.05, 0.1) is 17.9 Å². The van der Waals surface area contributed by atoms with Gasteiger partial charge >= 0.3 is 0 Å². The zero-order valence-electron chi connectivity index (χ0n) is 18.8. The first-order chi connectivity index (χ1) is 15.1. The lowest BCUT2D eigenvalue weighted by atomic mass is 10.0. The number of nitrogens with zero attached hydrogens (tertiary/aromatic N) is 3. The second-order valence-corrected chi connectivity index (χ2v) is 7.73. The molecular weight excluding hydrogens is 386 g/mol. The second kappa shape index (κ2) is 10.8. The van der Waals surface area contributed by atoms with Crippen molar-refractivity contribution >= 4 is 17.4 Å². The maximum atomic E-state index is 11.9. The lowest BCUT2D eigenvalue weighted by Crippen LogP contribution is -2.41. The molecule has 1 aromatic heterocycles. The fraction of sp³-hybridized carbons (Fsp3) is 0.400. The Balaban J connectivity index is 0.00000132. The summed E-state index contributed by atoms with van der Waals surface area (Å²) in [6.45, 7) is 7.79. The molecule has 0 spiro atoms. The lowest BCUT2D eigenvalue weighted by Gasteiger charge is -2.30. The Kier molecular flexibility index (Phi) is 7.82. The van der Waals surface area contributed by atoms with Gasteiger partial charge in [0.1, 0.15) is 5.84 Å². The van der Waals surface area contributed by atoms with E-state index >= 15 is 0 Å². The molecule has 0 saturated heterocycles. The van der Waals surface area contributed by atoms with Crippen LogP contribution in [-0.2, 0) is 4.79 Å². The summed E-state index contributed by atoms with van der Waals surface area (Å²) in [5.41, 5.74) is 11.2. The van der Waals surface area contributed by atoms with E-state index in [1.165, 1.54) is 12.8 Å². The molecule has 2 aromatic rings. The van der Waals surface area contributed by atoms with E-state index in [1.54, 1.807) is 13.1 Å². The zero-order chi connectivity index (χ0) is 22.2. The van der Waals surface area contributed by atoms with Crippen LogP contribution in [0.1, 0.15) is 40.0 Å². The smallest absolute Gasteiger partial charge is 0.219 e. The van der Waals surface area contributed by atoms with Crippen molar-refractivity contribution in [2.24, 2.45) is 16.6 Å². The summed E-state index contributed by atoms with van der Waals surface area (Å²) in [6, 6.07) is 13.7. The number of benzene rings is 1. The van der Waals surface area contributed by atoms with Crippen LogP contribution in [0.3, 0.4) is 0 Å². The normalized spacial score (nSPS) is 16.5. The number of amides is 1. The molecule has 0 bridgehead atoms. The third-order valence-corrected chi connectivity index (χ3v) is 5.46. The maximum absolute atomic E-state index is 11.9. The van der Waals surface area contributed by atoms with E-state index in [4.69, 9.17) is 5.73 Å². The third kappa shape index (κ3) is 6.17. The minimum atomic E-state index is 0.0636. The molecule has 2 aliphatic rings. The number of rotatable bonds is 6. The maximum Gasteiger partial charge on any atom is 0.219 e. The standard InChI is InChI=1S/C23H27N5O.C2H6/c1-16(29)28-12-10-22(26-14-17-8-9-17)20(15-28)23(24)27-19-6-4-5-18(13-19)21-7-2-3-11-25-21;1-2/h2-7,11,13,17,26H,8-10,12,14-15H2,1H3,(H2,24,27);1-2H3. The highest BCUT2D eigenvalue weighted by Crippen LogP contribution is 2.29. The lowest BCUT2D eigenvalue weighted by molar-refractivity contribution is -0.128. The van der Waals surface area contributed by atoms with Crippen LogP contribution < -0.4 is 11.1 Å². The molecule has 1 fully saturated rings. The van der Waals surface area contributed by atoms with Crippen molar-refractivity contribution in [1.29, 1.82) is 0 Å². The number of carbonyl (C=O) groups is 1. The number of pyridine rings is 1. The number of aromatic nitrogens is 1. The highest BCUT2D eigenvalue weighted by molar-refractivity contribution is 6.00. The number of nitrogens with one attached hydrogen (secondary N) is 1. The minimum Gasteiger partial charge on any atom is -0.388 e. The molecule has 0 unspecified atom stereocenters. The van der Waals surface area contributed by atoms with Crippen molar-refractivity contribution in [3.8, 4) is 11.3 Å². The summed E-state index contributed by atoms with van der Waals surface area (Å²) in [5.74, 6) is 1.30. The van der Waals surface area contributed by atoms with Crippen LogP contribution >= 0.6 is 0 Å². The molecular formula is C25H33N5O. The Bertz CT molecular complexity index is 947. The monoisotopic (exact) mass is 419 g/mol. The van der Waals surface area contributed by atoms with Crippen LogP contribution in [0.4, 0.5) is 5.69 Å². The molecule has 31 heavy (non-hydrogen) atoms. The number of aliphatic imine (C=N–C) groups is 1. The van der Waals surface area contributed by atoms with Crippen LogP contribution in [0.15, 0.2) is 64.9 Å². The quantitative estimate of drug-likeness (QED) is 0.541. The molecule has 6 heteroatoms. The van der Waals surface area contributed by atoms with E-state index < -0.39 is 0 Å². The van der Waals surface area contributed by atoms with E-state index in [0.29, 0.717) is 18.9 Å². The Hall–Kier alpha value is -3.15. The number of nitrogens with two attached hydrogens (primary N) is 1. The molecule has 3 N–H and O–H groups in total. The molecule has 1 aliphatic heterocycles. The summed E-state index contributed by atoms with van der Waals surface area (Å²) in [6.07, 6.45) is 5.14. The van der Waals surface area contributed by atoms with Crippen LogP contribution in [0.25, 0.3) is 11.3 Å². The van der Waals surface area contributed by atoms with Crippen molar-refractivity contribution in [3.05, 3.63) is 59.9 Å². The van der Waals surface area contributed by atoms with Gasteiger partial charge in [-0.15, -0.1) is 0 Å². The Morgan fingerprint density at radius 2 is 2.03 bits per heavy atom. The van der Waals surface area contributed by atoms with Gasteiger partial charge in [0.15, 0.2) is 0 Å². The van der Waals surface area contributed by atoms with Crippen molar-refractivity contribution in [2.75, 3.05) is 19.6 Å². The van der Waals surface area contributed by atoms with Crippen LogP contribution in [-0.4, -0.2) is 41.3 Å². The van der Waals surface area contributed by atoms with Gasteiger partial charge in [-0.05, 0) is 43.0 Å². The Morgan fingerprint density at radius 3 is 2.71 bits per heavy atom. The molecule has 164 valence electrons. The van der Waals surface area contributed by atoms with Crippen molar-refractivity contribution in [2.45, 2.75) is 40.0 Å². The van der Waals surface area contributed by atoms with Crippen LogP contribution in [0.5, 0.6) is 0 Å². The van der Waals surface area contributed by atoms with Crippen LogP contribution in [0.2, 0.25) is 0 Å². The summed E-state index contributed by atoms with van der Waals surface area (Å²) >= 11 is 0. The summed E-state index contributed by atoms with van der Waals surface area (Å²) in [4.78, 5) is 22.8. The van der Waals surface area contributed by atoms with Crippen molar-refractivity contribution in [3.63, 3.8) is 0 Å². The number of amidine groups is 1. The van der Waals surface area contributed by atoms with E-state index in [9.17, 15) is 4.79 Å². The van der Waals surface area contributed by atoms with Gasteiger partial charge in [-0.25, -0.2) is 4.99 Å². The van der Waals surface area contributed by atoms with Gasteiger partial charge in [0.25, 0.3) is 0 Å². The van der Waals surface area contributed by atoms with Gasteiger partial charge in [-0.1, -0.05) is 32.0 Å². The highest BCUT2D eigenvalue weighted by atomic mass is 16.2. The summed E-state index contributed by atoms with van der Waals surface area (Å²) < 4.78 is 0. The van der Waals surface area contributed by atoms with E-state index in [1.807, 2.05) is 61.2 Å². The predicted molar refractivity (Wildman–Crippen MR) is 127 cm³/mol. The molecule has 2 heterocycles. The topological polar surface area (TPSA) is 83.6 Å². The van der Waals surface area contributed by atoms with Gasteiger partial charge < -0.3 is 16.0 Å². The predicted octanol–water partition coefficient (Wildman–Crippen LogP) is 4.27. The fourth-order valence-corrected chi connectivity index (χ4v) is 3.53. The molecule has 0 radical (unpaired) electrons. The van der Waals surface area contributed by atoms with Gasteiger partial charge in [0, 0.05) is 49.5 Å². The van der Waals surface area contributed by atoms with Crippen molar-refractivity contribution in [1.82, 2.24) is 15.2 Å². The number of hydrogen-bond acceptors (Lipinski definition) is 4. The summed E-state index contributed by atoms with van der Waals surface area (Å²) in [5, 5.41) is 3.57. The first-order valence-electron chi connectivity index (χ1n) is 11.2. The van der Waals surface area contributed by atoms with Gasteiger partial charge in [0.2, 0.25) is 5.91 Å². The summed E-state index contributed by atoms with van der Waals surface area (Å²) in [7, 11) is 0. The first-order valence-corrected chi connectivity index (χ1v) is 11.2. The fourth-order valence-electron chi connectivity index (χ4n) is 3.53.